The van der Waals surface area contributed by atoms with Crippen LogP contribution in [-0.2, 0) is 0 Å². The summed E-state index contributed by atoms with van der Waals surface area (Å²) in [6.45, 7) is 4.41. The fourth-order valence-electron chi connectivity index (χ4n) is 3.13. The molecule has 21 heavy (non-hydrogen) atoms. The van der Waals surface area contributed by atoms with Gasteiger partial charge in [0, 0.05) is 35.8 Å². The lowest BCUT2D eigenvalue weighted by Crippen LogP contribution is -2.45. The van der Waals surface area contributed by atoms with Gasteiger partial charge >= 0.3 is 0 Å². The first-order chi connectivity index (χ1) is 10.4. The number of hydrogen-bond donors (Lipinski definition) is 1. The molecule has 0 bridgehead atoms. The Labute approximate surface area is 133 Å². The van der Waals surface area contributed by atoms with Crippen LogP contribution in [-0.4, -0.2) is 31.1 Å². The molecule has 1 atom stereocenters. The molecule has 1 unspecified atom stereocenters. The van der Waals surface area contributed by atoms with E-state index in [2.05, 4.69) is 57.4 Å². The highest BCUT2D eigenvalue weighted by atomic mass is 32.1. The van der Waals surface area contributed by atoms with E-state index < -0.39 is 0 Å². The Morgan fingerprint density at radius 1 is 1.00 bits per heavy atom. The van der Waals surface area contributed by atoms with Crippen molar-refractivity contribution in [2.45, 2.75) is 6.04 Å². The highest BCUT2D eigenvalue weighted by Crippen LogP contribution is 2.38. The molecular formula is C17H18N2S2. The quantitative estimate of drug-likeness (QED) is 0.787. The summed E-state index contributed by atoms with van der Waals surface area (Å²) in [5.74, 6) is 0. The Kier molecular flexibility index (Phi) is 3.78. The van der Waals surface area contributed by atoms with Crippen molar-refractivity contribution in [3.05, 3.63) is 57.6 Å². The summed E-state index contributed by atoms with van der Waals surface area (Å²) in [7, 11) is 0. The molecule has 3 heterocycles. The van der Waals surface area contributed by atoms with Crippen LogP contribution < -0.4 is 5.32 Å². The number of rotatable bonds is 3. The lowest BCUT2D eigenvalue weighted by atomic mass is 10.0. The largest absolute Gasteiger partial charge is 0.314 e. The van der Waals surface area contributed by atoms with Gasteiger partial charge in [0.25, 0.3) is 0 Å². The summed E-state index contributed by atoms with van der Waals surface area (Å²) in [4.78, 5) is 4.08. The number of hydrogen-bond acceptors (Lipinski definition) is 4. The van der Waals surface area contributed by atoms with Crippen molar-refractivity contribution >= 4 is 32.8 Å². The molecule has 0 amide bonds. The molecule has 0 saturated carbocycles. The van der Waals surface area contributed by atoms with Crippen LogP contribution in [0.25, 0.3) is 10.1 Å². The average molecular weight is 314 g/mol. The monoisotopic (exact) mass is 314 g/mol. The maximum atomic E-state index is 3.46. The summed E-state index contributed by atoms with van der Waals surface area (Å²) in [6, 6.07) is 13.6. The fourth-order valence-corrected chi connectivity index (χ4v) is 4.98. The van der Waals surface area contributed by atoms with Gasteiger partial charge in [-0.3, -0.25) is 4.90 Å². The molecule has 4 rings (SSSR count). The highest BCUT2D eigenvalue weighted by molar-refractivity contribution is 7.17. The van der Waals surface area contributed by atoms with Crippen molar-refractivity contribution < 1.29 is 0 Å². The van der Waals surface area contributed by atoms with Crippen LogP contribution in [0.2, 0.25) is 0 Å². The number of nitrogens with zero attached hydrogens (tertiary/aromatic N) is 1. The molecule has 1 aromatic carbocycles. The van der Waals surface area contributed by atoms with E-state index in [1.54, 1.807) is 0 Å². The third-order valence-corrected chi connectivity index (χ3v) is 6.04. The van der Waals surface area contributed by atoms with Gasteiger partial charge in [0.2, 0.25) is 0 Å². The summed E-state index contributed by atoms with van der Waals surface area (Å²) >= 11 is 3.74. The van der Waals surface area contributed by atoms with Crippen LogP contribution in [0.1, 0.15) is 16.5 Å². The van der Waals surface area contributed by atoms with Crippen LogP contribution in [0, 0.1) is 0 Å². The minimum Gasteiger partial charge on any atom is -0.314 e. The van der Waals surface area contributed by atoms with Gasteiger partial charge in [0.05, 0.1) is 6.04 Å². The Balaban J connectivity index is 1.81. The van der Waals surface area contributed by atoms with Gasteiger partial charge in [0.15, 0.2) is 0 Å². The third kappa shape index (κ3) is 2.53. The number of piperazine rings is 1. The molecule has 2 aromatic heterocycles. The van der Waals surface area contributed by atoms with E-state index in [1.165, 1.54) is 20.5 Å². The molecular weight excluding hydrogens is 296 g/mol. The first-order valence-corrected chi connectivity index (χ1v) is 9.14. The minimum atomic E-state index is 0.406. The zero-order valence-corrected chi connectivity index (χ0v) is 13.4. The van der Waals surface area contributed by atoms with Gasteiger partial charge in [-0.1, -0.05) is 24.3 Å². The van der Waals surface area contributed by atoms with E-state index in [0.717, 1.165) is 26.2 Å². The van der Waals surface area contributed by atoms with Crippen molar-refractivity contribution in [3.8, 4) is 0 Å². The molecule has 4 heteroatoms. The van der Waals surface area contributed by atoms with Crippen molar-refractivity contribution in [1.82, 2.24) is 10.2 Å². The molecule has 0 aliphatic carbocycles. The van der Waals surface area contributed by atoms with Crippen LogP contribution in [0.15, 0.2) is 47.2 Å². The molecule has 108 valence electrons. The Morgan fingerprint density at radius 3 is 2.67 bits per heavy atom. The molecule has 0 spiro atoms. The van der Waals surface area contributed by atoms with Crippen molar-refractivity contribution in [1.29, 1.82) is 0 Å². The lowest BCUT2D eigenvalue weighted by Gasteiger charge is -2.34. The normalized spacial score (nSPS) is 18.1. The Hall–Kier alpha value is -1.20. The Bertz CT molecular complexity index is 711. The van der Waals surface area contributed by atoms with E-state index in [1.807, 2.05) is 22.7 Å². The second kappa shape index (κ2) is 5.89. The van der Waals surface area contributed by atoms with Gasteiger partial charge < -0.3 is 5.32 Å². The van der Waals surface area contributed by atoms with Crippen LogP contribution in [0.3, 0.4) is 0 Å². The maximum absolute atomic E-state index is 3.46. The van der Waals surface area contributed by atoms with Crippen molar-refractivity contribution in [2.75, 3.05) is 26.2 Å². The van der Waals surface area contributed by atoms with Gasteiger partial charge in [-0.15, -0.1) is 22.7 Å². The first kappa shape index (κ1) is 13.5. The van der Waals surface area contributed by atoms with E-state index >= 15 is 0 Å². The summed E-state index contributed by atoms with van der Waals surface area (Å²) in [6.07, 6.45) is 0. The summed E-state index contributed by atoms with van der Waals surface area (Å²) in [5.41, 5.74) is 1.47. The van der Waals surface area contributed by atoms with E-state index in [0.29, 0.717) is 6.04 Å². The number of fused-ring (bicyclic) bond motifs is 1. The number of thiophene rings is 2. The standard InChI is InChI=1S/C17H18N2S2/c1-2-5-15-13(4-1)14(12-21-15)17(16-6-3-11-20-16)19-9-7-18-8-10-19/h1-6,11-12,17-18H,7-10H2. The number of nitrogens with one attached hydrogen (secondary N) is 1. The molecule has 1 aliphatic rings. The van der Waals surface area contributed by atoms with Crippen LogP contribution in [0.4, 0.5) is 0 Å². The van der Waals surface area contributed by atoms with Gasteiger partial charge in [-0.2, -0.15) is 0 Å². The molecule has 3 aromatic rings. The third-order valence-electron chi connectivity index (χ3n) is 4.13. The summed E-state index contributed by atoms with van der Waals surface area (Å²) in [5, 5.41) is 9.43. The number of benzene rings is 1. The van der Waals surface area contributed by atoms with Gasteiger partial charge in [0.1, 0.15) is 0 Å². The van der Waals surface area contributed by atoms with E-state index in [9.17, 15) is 0 Å². The smallest absolute Gasteiger partial charge is 0.0711 e. The van der Waals surface area contributed by atoms with Crippen molar-refractivity contribution in [2.24, 2.45) is 0 Å². The van der Waals surface area contributed by atoms with Gasteiger partial charge in [-0.05, 0) is 33.8 Å². The molecule has 1 aliphatic heterocycles. The molecule has 1 fully saturated rings. The van der Waals surface area contributed by atoms with Crippen LogP contribution in [0.5, 0.6) is 0 Å². The molecule has 1 saturated heterocycles. The fraction of sp³-hybridized carbons (Fsp3) is 0.294. The zero-order chi connectivity index (χ0) is 14.1. The Morgan fingerprint density at radius 2 is 1.86 bits per heavy atom. The topological polar surface area (TPSA) is 15.3 Å². The second-order valence-electron chi connectivity index (χ2n) is 5.39. The SMILES string of the molecule is c1csc(C(c2csc3ccccc23)N2CCNCC2)c1. The molecule has 2 nitrogen and oxygen atoms in total. The lowest BCUT2D eigenvalue weighted by molar-refractivity contribution is 0.202. The van der Waals surface area contributed by atoms with Crippen molar-refractivity contribution in [3.63, 3.8) is 0 Å². The predicted octanol–water partition coefficient (Wildman–Crippen LogP) is 3.96. The zero-order valence-electron chi connectivity index (χ0n) is 11.8. The van der Waals surface area contributed by atoms with E-state index in [-0.39, 0.29) is 0 Å². The van der Waals surface area contributed by atoms with E-state index in [4.69, 9.17) is 0 Å². The first-order valence-electron chi connectivity index (χ1n) is 7.38. The predicted molar refractivity (Wildman–Crippen MR) is 92.4 cm³/mol. The molecule has 1 N–H and O–H groups in total. The summed E-state index contributed by atoms with van der Waals surface area (Å²) < 4.78 is 1.39. The average Bonchev–Trinajstić information content (AvgIpc) is 3.20. The maximum Gasteiger partial charge on any atom is 0.0711 e. The second-order valence-corrected chi connectivity index (χ2v) is 7.28. The molecule has 0 radical (unpaired) electrons. The van der Waals surface area contributed by atoms with Crippen LogP contribution >= 0.6 is 22.7 Å². The highest BCUT2D eigenvalue weighted by Gasteiger charge is 2.26. The van der Waals surface area contributed by atoms with Gasteiger partial charge in [-0.25, -0.2) is 0 Å². The minimum absolute atomic E-state index is 0.406.